The van der Waals surface area contributed by atoms with Crippen LogP contribution in [0.3, 0.4) is 0 Å². The Morgan fingerprint density at radius 3 is 1.50 bits per heavy atom. The molecule has 0 aromatic heterocycles. The highest BCUT2D eigenvalue weighted by atomic mass is 16.5. The monoisotopic (exact) mass is 631 g/mol. The van der Waals surface area contributed by atoms with E-state index in [2.05, 4.69) is 17.4 Å². The van der Waals surface area contributed by atoms with Gasteiger partial charge in [0.25, 0.3) is 0 Å². The highest BCUT2D eigenvalue weighted by molar-refractivity contribution is 5.82. The quantitative estimate of drug-likeness (QED) is 0.148. The Kier molecular flexibility index (Phi) is 8.46. The van der Waals surface area contributed by atoms with Crippen LogP contribution in [0.5, 0.6) is 5.75 Å². The molecule has 1 atom stereocenters. The fourth-order valence-corrected chi connectivity index (χ4v) is 6.65. The van der Waals surface area contributed by atoms with Crippen molar-refractivity contribution in [2.45, 2.75) is 17.6 Å². The van der Waals surface area contributed by atoms with Gasteiger partial charge in [0.15, 0.2) is 11.6 Å². The number of amides is 1. The molecule has 1 aliphatic rings. The topological polar surface area (TPSA) is 84.9 Å². The van der Waals surface area contributed by atoms with E-state index in [1.807, 2.05) is 127 Å². The molecule has 0 aliphatic heterocycles. The minimum Gasteiger partial charge on any atom is -0.479 e. The summed E-state index contributed by atoms with van der Waals surface area (Å²) < 4.78 is 12.6. The van der Waals surface area contributed by atoms with Crippen molar-refractivity contribution >= 4 is 12.1 Å². The predicted octanol–water partition coefficient (Wildman–Crippen LogP) is 8.72. The molecule has 0 saturated heterocycles. The summed E-state index contributed by atoms with van der Waals surface area (Å²) in [5.41, 5.74) is 6.59. The highest BCUT2D eigenvalue weighted by Gasteiger charge is 2.39. The number of rotatable bonds is 10. The number of alkyl carbamates (subject to hydrolysis) is 1. The van der Waals surface area contributed by atoms with Crippen molar-refractivity contribution in [3.8, 4) is 16.9 Å². The van der Waals surface area contributed by atoms with Gasteiger partial charge in [-0.3, -0.25) is 0 Å². The summed E-state index contributed by atoms with van der Waals surface area (Å²) in [7, 11) is 0. The summed E-state index contributed by atoms with van der Waals surface area (Å²) in [6, 6.07) is 51.6. The molecule has 0 spiro atoms. The molecule has 1 amide bonds. The van der Waals surface area contributed by atoms with Crippen LogP contribution in [0.15, 0.2) is 164 Å². The van der Waals surface area contributed by atoms with Crippen LogP contribution in [-0.4, -0.2) is 23.8 Å². The summed E-state index contributed by atoms with van der Waals surface area (Å²) in [5, 5.41) is 12.7. The van der Waals surface area contributed by atoms with Gasteiger partial charge in [-0.05, 0) is 39.9 Å². The van der Waals surface area contributed by atoms with Gasteiger partial charge in [-0.1, -0.05) is 152 Å². The Balaban J connectivity index is 1.12. The number of carbonyl (C=O) groups is 2. The smallest absolute Gasteiger partial charge is 0.408 e. The van der Waals surface area contributed by atoms with Gasteiger partial charge in [-0.2, -0.15) is 0 Å². The molecule has 6 aromatic carbocycles. The van der Waals surface area contributed by atoms with Gasteiger partial charge < -0.3 is 19.9 Å². The normalized spacial score (nSPS) is 12.8. The maximum atomic E-state index is 13.0. The van der Waals surface area contributed by atoms with Crippen molar-refractivity contribution < 1.29 is 24.2 Å². The molecule has 48 heavy (non-hydrogen) atoms. The molecule has 0 heterocycles. The second-order valence-corrected chi connectivity index (χ2v) is 11.7. The predicted molar refractivity (Wildman–Crippen MR) is 185 cm³/mol. The molecule has 0 radical (unpaired) electrons. The number of aliphatic carboxylic acids is 1. The van der Waals surface area contributed by atoms with E-state index in [4.69, 9.17) is 9.47 Å². The Labute approximate surface area is 279 Å². The van der Waals surface area contributed by atoms with Crippen LogP contribution < -0.4 is 10.1 Å². The molecule has 6 nitrogen and oxygen atoms in total. The number of fused-ring (bicyclic) bond motifs is 3. The van der Waals surface area contributed by atoms with Gasteiger partial charge in [0.05, 0.1) is 0 Å². The number of hydrogen-bond donors (Lipinski definition) is 2. The number of carbonyl (C=O) groups excluding carboxylic acids is 1. The van der Waals surface area contributed by atoms with Gasteiger partial charge >= 0.3 is 12.1 Å². The highest BCUT2D eigenvalue weighted by Crippen LogP contribution is 2.45. The van der Waals surface area contributed by atoms with E-state index in [-0.39, 0.29) is 12.5 Å². The lowest BCUT2D eigenvalue weighted by Crippen LogP contribution is -2.36. The SMILES string of the molecule is O=C(N[C@H](C(=O)O)c1ccc(OC(c2ccccc2)(c2ccccc2)c2ccccc2)cc1)OCC1c2ccccc2-c2ccccc21. The summed E-state index contributed by atoms with van der Waals surface area (Å²) >= 11 is 0. The molecule has 0 saturated carbocycles. The number of carboxylic acids is 1. The lowest BCUT2D eigenvalue weighted by atomic mass is 9.80. The largest absolute Gasteiger partial charge is 0.479 e. The van der Waals surface area contributed by atoms with Gasteiger partial charge in [0.2, 0.25) is 0 Å². The average Bonchev–Trinajstić information content (AvgIpc) is 3.47. The van der Waals surface area contributed by atoms with Gasteiger partial charge in [0, 0.05) is 22.6 Å². The van der Waals surface area contributed by atoms with Crippen molar-refractivity contribution in [1.82, 2.24) is 5.32 Å². The van der Waals surface area contributed by atoms with Crippen molar-refractivity contribution in [1.29, 1.82) is 0 Å². The van der Waals surface area contributed by atoms with Crippen LogP contribution in [0.1, 0.15) is 45.3 Å². The Morgan fingerprint density at radius 1 is 0.604 bits per heavy atom. The van der Waals surface area contributed by atoms with E-state index in [0.717, 1.165) is 38.9 Å². The maximum Gasteiger partial charge on any atom is 0.408 e. The van der Waals surface area contributed by atoms with E-state index >= 15 is 0 Å². The third-order valence-corrected chi connectivity index (χ3v) is 8.88. The third kappa shape index (κ3) is 5.80. The number of ether oxygens (including phenoxy) is 2. The van der Waals surface area contributed by atoms with Gasteiger partial charge in [0.1, 0.15) is 12.4 Å². The standard InChI is InChI=1S/C42H33NO5/c44-40(45)39(43-41(46)47-28-38-36-22-12-10-20-34(36)35-21-11-13-23-37(35)38)29-24-26-33(27-25-29)48-42(30-14-4-1-5-15-30,31-16-6-2-7-17-31)32-18-8-3-9-19-32/h1-27,38-39H,28H2,(H,43,46)(H,44,45)/t39-/m0/s1. The van der Waals surface area contributed by atoms with Crippen LogP contribution in [0.2, 0.25) is 0 Å². The van der Waals surface area contributed by atoms with Crippen molar-refractivity contribution in [2.75, 3.05) is 6.61 Å². The zero-order valence-electron chi connectivity index (χ0n) is 26.0. The summed E-state index contributed by atoms with van der Waals surface area (Å²) in [6.45, 7) is 0.0829. The first-order chi connectivity index (χ1) is 23.5. The number of carboxylic acid groups (broad SMARTS) is 1. The zero-order valence-corrected chi connectivity index (χ0v) is 26.0. The van der Waals surface area contributed by atoms with Crippen LogP contribution in [0, 0.1) is 0 Å². The zero-order chi connectivity index (χ0) is 32.9. The first-order valence-corrected chi connectivity index (χ1v) is 15.8. The molecule has 6 aromatic rings. The van der Waals surface area contributed by atoms with Crippen LogP contribution in [-0.2, 0) is 15.1 Å². The van der Waals surface area contributed by atoms with Crippen molar-refractivity contribution in [3.05, 3.63) is 197 Å². The fourth-order valence-electron chi connectivity index (χ4n) is 6.65. The third-order valence-electron chi connectivity index (χ3n) is 8.88. The molecule has 1 aliphatic carbocycles. The van der Waals surface area contributed by atoms with Crippen LogP contribution in [0.4, 0.5) is 4.79 Å². The molecule has 2 N–H and O–H groups in total. The first-order valence-electron chi connectivity index (χ1n) is 15.8. The first kappa shape index (κ1) is 30.5. The number of hydrogen-bond acceptors (Lipinski definition) is 4. The lowest BCUT2D eigenvalue weighted by molar-refractivity contribution is -0.139. The number of benzene rings is 6. The van der Waals surface area contributed by atoms with Crippen LogP contribution in [0.25, 0.3) is 11.1 Å². The van der Waals surface area contributed by atoms with Gasteiger partial charge in [-0.15, -0.1) is 0 Å². The summed E-state index contributed by atoms with van der Waals surface area (Å²) in [5.74, 6) is -0.813. The molecular formula is C42H33NO5. The van der Waals surface area contributed by atoms with Crippen molar-refractivity contribution in [2.24, 2.45) is 0 Å². The molecule has 0 bridgehead atoms. The minimum atomic E-state index is -1.32. The Bertz CT molecular complexity index is 1890. The lowest BCUT2D eigenvalue weighted by Gasteiger charge is -2.36. The molecule has 7 rings (SSSR count). The molecule has 0 unspecified atom stereocenters. The van der Waals surface area contributed by atoms with Crippen LogP contribution >= 0.6 is 0 Å². The van der Waals surface area contributed by atoms with E-state index in [1.165, 1.54) is 0 Å². The molecule has 236 valence electrons. The average molecular weight is 632 g/mol. The van der Waals surface area contributed by atoms with E-state index in [1.54, 1.807) is 24.3 Å². The number of nitrogens with one attached hydrogen (secondary N) is 1. The Morgan fingerprint density at radius 2 is 1.04 bits per heavy atom. The second-order valence-electron chi connectivity index (χ2n) is 11.7. The Hall–Kier alpha value is -6.14. The van der Waals surface area contributed by atoms with Crippen molar-refractivity contribution in [3.63, 3.8) is 0 Å². The summed E-state index contributed by atoms with van der Waals surface area (Å²) in [4.78, 5) is 25.4. The van der Waals surface area contributed by atoms with Gasteiger partial charge in [-0.25, -0.2) is 9.59 Å². The van der Waals surface area contributed by atoms with E-state index in [0.29, 0.717) is 11.3 Å². The minimum absolute atomic E-state index is 0.0829. The maximum absolute atomic E-state index is 13.0. The molecule has 6 heteroatoms. The molecule has 0 fully saturated rings. The summed E-state index contributed by atoms with van der Waals surface area (Å²) in [6.07, 6.45) is -0.805. The van der Waals surface area contributed by atoms with E-state index < -0.39 is 23.7 Å². The molecular weight excluding hydrogens is 598 g/mol. The second kappa shape index (κ2) is 13.3. The van der Waals surface area contributed by atoms with E-state index in [9.17, 15) is 14.7 Å². The fraction of sp³-hybridized carbons (Fsp3) is 0.0952.